The number of carbonyl (C=O) groups excluding carboxylic acids is 1. The lowest BCUT2D eigenvalue weighted by atomic mass is 9.40. The second-order valence-corrected chi connectivity index (χ2v) is 15.9. The first kappa shape index (κ1) is 33.1. The van der Waals surface area contributed by atoms with Gasteiger partial charge in [0.05, 0.1) is 7.11 Å². The van der Waals surface area contributed by atoms with E-state index in [1.807, 2.05) is 27.7 Å². The van der Waals surface area contributed by atoms with Crippen molar-refractivity contribution in [2.45, 2.75) is 139 Å². The molecule has 0 aliphatic heterocycles. The van der Waals surface area contributed by atoms with Crippen LogP contribution in [0.5, 0.6) is 0 Å². The minimum Gasteiger partial charge on any atom is -0.469 e. The highest BCUT2D eigenvalue weighted by Crippen LogP contribution is 2.71. The Kier molecular flexibility index (Phi) is 10.9. The number of ether oxygens (including phenoxy) is 1. The van der Waals surface area contributed by atoms with Gasteiger partial charge in [-0.15, -0.1) is 0 Å². The van der Waals surface area contributed by atoms with Crippen molar-refractivity contribution in [3.05, 3.63) is 12.2 Å². The molecular formula is C39H68O2. The first-order valence-corrected chi connectivity index (χ1v) is 18.4. The highest BCUT2D eigenvalue weighted by molar-refractivity contribution is 5.69. The van der Waals surface area contributed by atoms with Crippen LogP contribution in [0.25, 0.3) is 0 Å². The maximum atomic E-state index is 11.9. The Balaban J connectivity index is 0.000000929. The molecule has 2 bridgehead atoms. The number of allylic oxidation sites excluding steroid dienone is 2. The highest BCUT2D eigenvalue weighted by atomic mass is 16.5. The number of rotatable bonds is 6. The Bertz CT molecular complexity index is 892. The second kappa shape index (κ2) is 13.5. The number of hydrogen-bond donors (Lipinski definition) is 0. The van der Waals surface area contributed by atoms with Crippen LogP contribution in [0.2, 0.25) is 0 Å². The molecule has 0 aromatic rings. The Morgan fingerprint density at radius 3 is 2.29 bits per heavy atom. The summed E-state index contributed by atoms with van der Waals surface area (Å²) in [5.41, 5.74) is 1.02. The van der Waals surface area contributed by atoms with E-state index in [2.05, 4.69) is 46.8 Å². The van der Waals surface area contributed by atoms with Crippen molar-refractivity contribution >= 4 is 5.97 Å². The molecule has 6 rings (SSSR count). The molecule has 6 aliphatic rings. The molecule has 2 nitrogen and oxygen atoms in total. The molecule has 14 atom stereocenters. The molecule has 0 aromatic carbocycles. The Morgan fingerprint density at radius 1 is 0.927 bits per heavy atom. The summed E-state index contributed by atoms with van der Waals surface area (Å²) in [7, 11) is 1.53. The number of hydrogen-bond acceptors (Lipinski definition) is 2. The third-order valence-electron chi connectivity index (χ3n) is 14.6. The predicted molar refractivity (Wildman–Crippen MR) is 174 cm³/mol. The van der Waals surface area contributed by atoms with Crippen molar-refractivity contribution in [2.75, 3.05) is 7.11 Å². The summed E-state index contributed by atoms with van der Waals surface area (Å²) in [6.07, 6.45) is 21.5. The summed E-state index contributed by atoms with van der Waals surface area (Å²) >= 11 is 0. The third-order valence-corrected chi connectivity index (χ3v) is 14.6. The fraction of sp³-hybridized carbons (Fsp3) is 0.923. The van der Waals surface area contributed by atoms with E-state index in [0.717, 1.165) is 71.5 Å². The second-order valence-electron chi connectivity index (χ2n) is 15.9. The van der Waals surface area contributed by atoms with Crippen LogP contribution >= 0.6 is 0 Å². The molecule has 0 radical (unpaired) electrons. The quantitative estimate of drug-likeness (QED) is 0.235. The zero-order valence-corrected chi connectivity index (χ0v) is 28.9. The molecule has 5 fully saturated rings. The van der Waals surface area contributed by atoms with Gasteiger partial charge >= 0.3 is 5.97 Å². The lowest BCUT2D eigenvalue weighted by Gasteiger charge is -2.65. The van der Waals surface area contributed by atoms with Crippen LogP contribution in [0.4, 0.5) is 0 Å². The average Bonchev–Trinajstić information content (AvgIpc) is 3.70. The monoisotopic (exact) mass is 569 g/mol. The average molecular weight is 569 g/mol. The van der Waals surface area contributed by atoms with E-state index in [4.69, 9.17) is 4.74 Å². The van der Waals surface area contributed by atoms with Crippen molar-refractivity contribution in [1.29, 1.82) is 0 Å². The van der Waals surface area contributed by atoms with Gasteiger partial charge in [-0.1, -0.05) is 74.5 Å². The summed E-state index contributed by atoms with van der Waals surface area (Å²) in [4.78, 5) is 11.9. The Hall–Kier alpha value is -0.790. The SMILES string of the molecule is CC.CC.COC(=O)CCC(C)C1CCC2C3C(C)CC4CC(CC5CC6C=CC5C6)CCC4(C)C3CC(C)C12C. The highest BCUT2D eigenvalue weighted by Gasteiger charge is 2.64. The molecule has 41 heavy (non-hydrogen) atoms. The van der Waals surface area contributed by atoms with Crippen molar-refractivity contribution in [3.63, 3.8) is 0 Å². The van der Waals surface area contributed by atoms with E-state index in [-0.39, 0.29) is 5.97 Å². The van der Waals surface area contributed by atoms with Gasteiger partial charge in [0.15, 0.2) is 0 Å². The normalized spacial score (nSPS) is 48.0. The molecule has 236 valence electrons. The van der Waals surface area contributed by atoms with Gasteiger partial charge < -0.3 is 4.74 Å². The van der Waals surface area contributed by atoms with E-state index in [0.29, 0.717) is 23.2 Å². The zero-order chi connectivity index (χ0) is 30.1. The summed E-state index contributed by atoms with van der Waals surface area (Å²) < 4.78 is 4.98. The molecule has 6 aliphatic carbocycles. The van der Waals surface area contributed by atoms with Crippen molar-refractivity contribution in [2.24, 2.45) is 81.8 Å². The minimum absolute atomic E-state index is 0.0318. The largest absolute Gasteiger partial charge is 0.469 e. The lowest BCUT2D eigenvalue weighted by molar-refractivity contribution is -0.164. The molecule has 0 saturated heterocycles. The van der Waals surface area contributed by atoms with Crippen molar-refractivity contribution in [3.8, 4) is 0 Å². The van der Waals surface area contributed by atoms with Crippen molar-refractivity contribution in [1.82, 2.24) is 0 Å². The van der Waals surface area contributed by atoms with E-state index >= 15 is 0 Å². The fourth-order valence-corrected chi connectivity index (χ4v) is 12.5. The van der Waals surface area contributed by atoms with Gasteiger partial charge in [0.25, 0.3) is 0 Å². The summed E-state index contributed by atoms with van der Waals surface area (Å²) in [5.74, 6) is 10.6. The summed E-state index contributed by atoms with van der Waals surface area (Å²) in [6, 6.07) is 0. The topological polar surface area (TPSA) is 26.3 Å². The van der Waals surface area contributed by atoms with Crippen LogP contribution in [0.1, 0.15) is 139 Å². The zero-order valence-electron chi connectivity index (χ0n) is 28.9. The van der Waals surface area contributed by atoms with E-state index in [1.54, 1.807) is 0 Å². The third kappa shape index (κ3) is 5.87. The van der Waals surface area contributed by atoms with E-state index in [1.165, 1.54) is 71.3 Å². The van der Waals surface area contributed by atoms with Crippen LogP contribution in [0, 0.1) is 81.8 Å². The molecule has 0 spiro atoms. The van der Waals surface area contributed by atoms with Crippen LogP contribution in [-0.2, 0) is 9.53 Å². The molecule has 0 amide bonds. The summed E-state index contributed by atoms with van der Waals surface area (Å²) in [5, 5.41) is 0. The van der Waals surface area contributed by atoms with Gasteiger partial charge in [0.1, 0.15) is 0 Å². The van der Waals surface area contributed by atoms with Gasteiger partial charge in [0, 0.05) is 6.42 Å². The van der Waals surface area contributed by atoms with Gasteiger partial charge in [-0.05, 0) is 152 Å². The molecule has 0 N–H and O–H groups in total. The van der Waals surface area contributed by atoms with Crippen LogP contribution in [-0.4, -0.2) is 13.1 Å². The molecule has 14 unspecified atom stereocenters. The molecular weight excluding hydrogens is 500 g/mol. The first-order chi connectivity index (χ1) is 19.6. The van der Waals surface area contributed by atoms with Gasteiger partial charge in [-0.2, -0.15) is 0 Å². The van der Waals surface area contributed by atoms with E-state index < -0.39 is 0 Å². The molecule has 0 heterocycles. The number of carbonyl (C=O) groups is 1. The maximum absolute atomic E-state index is 11.9. The number of fused-ring (bicyclic) bond motifs is 7. The van der Waals surface area contributed by atoms with Gasteiger partial charge in [0.2, 0.25) is 0 Å². The Morgan fingerprint density at radius 2 is 1.66 bits per heavy atom. The number of methoxy groups -OCH3 is 1. The first-order valence-electron chi connectivity index (χ1n) is 18.4. The van der Waals surface area contributed by atoms with Crippen LogP contribution < -0.4 is 0 Å². The molecule has 2 heteroatoms. The predicted octanol–water partition coefficient (Wildman–Crippen LogP) is 11.0. The maximum Gasteiger partial charge on any atom is 0.305 e. The molecule has 0 aromatic heterocycles. The Labute approximate surface area is 255 Å². The van der Waals surface area contributed by atoms with Crippen LogP contribution in [0.3, 0.4) is 0 Å². The van der Waals surface area contributed by atoms with Gasteiger partial charge in [-0.3, -0.25) is 4.79 Å². The molecule has 5 saturated carbocycles. The van der Waals surface area contributed by atoms with Gasteiger partial charge in [-0.25, -0.2) is 0 Å². The van der Waals surface area contributed by atoms with E-state index in [9.17, 15) is 4.79 Å². The fourth-order valence-electron chi connectivity index (χ4n) is 12.5. The summed E-state index contributed by atoms with van der Waals surface area (Å²) in [6.45, 7) is 21.2. The lowest BCUT2D eigenvalue weighted by Crippen LogP contribution is -2.58. The minimum atomic E-state index is -0.0318. The standard InChI is InChI=1S/C35H56O2.2C2H6/c1-21(7-12-32(36)37-6)29-10-11-30-33-22(2)15-28-20-25(19-27-18-24-8-9-26(27)17-24)13-14-34(28,4)31(33)16-23(3)35(29,30)5;2*1-2/h8-9,21-31,33H,7,10-20H2,1-6H3;2*1-2H3. The van der Waals surface area contributed by atoms with Crippen LogP contribution in [0.15, 0.2) is 12.2 Å². The smallest absolute Gasteiger partial charge is 0.305 e. The number of esters is 1. The van der Waals surface area contributed by atoms with Crippen molar-refractivity contribution < 1.29 is 9.53 Å².